The second-order valence-electron chi connectivity index (χ2n) is 4.34. The van der Waals surface area contributed by atoms with E-state index in [0.717, 1.165) is 4.31 Å². The Morgan fingerprint density at radius 1 is 1.52 bits per heavy atom. The molecule has 116 valence electrons. The molecule has 1 heterocycles. The van der Waals surface area contributed by atoms with Crippen molar-refractivity contribution in [1.82, 2.24) is 4.31 Å². The fourth-order valence-corrected chi connectivity index (χ4v) is 4.28. The Morgan fingerprint density at radius 2 is 2.24 bits per heavy atom. The van der Waals surface area contributed by atoms with E-state index in [1.54, 1.807) is 0 Å². The van der Waals surface area contributed by atoms with E-state index < -0.39 is 22.0 Å². The van der Waals surface area contributed by atoms with Crippen molar-refractivity contribution in [2.45, 2.75) is 10.9 Å². The topological polar surface area (TPSA) is 93.1 Å². The molecular weight excluding hydrogens is 366 g/mol. The molecule has 7 nitrogen and oxygen atoms in total. The molecule has 2 rings (SSSR count). The number of nitrogens with zero attached hydrogens (tertiary/aromatic N) is 1. The van der Waals surface area contributed by atoms with Gasteiger partial charge in [-0.2, -0.15) is 4.31 Å². The number of hydrogen-bond acceptors (Lipinski definition) is 5. The number of sulfonamides is 1. The summed E-state index contributed by atoms with van der Waals surface area (Å²) < 4.78 is 36.7. The molecule has 0 aromatic heterocycles. The van der Waals surface area contributed by atoms with Gasteiger partial charge in [0.1, 0.15) is 11.8 Å². The molecule has 1 aromatic carbocycles. The summed E-state index contributed by atoms with van der Waals surface area (Å²) in [6, 6.07) is 3.06. The van der Waals surface area contributed by atoms with Crippen LogP contribution < -0.4 is 4.74 Å². The molecule has 1 aliphatic heterocycles. The molecule has 1 unspecified atom stereocenters. The minimum atomic E-state index is -3.92. The van der Waals surface area contributed by atoms with E-state index >= 15 is 0 Å². The minimum Gasteiger partial charge on any atom is -0.496 e. The normalized spacial score (nSPS) is 20.2. The van der Waals surface area contributed by atoms with Crippen LogP contribution in [0.1, 0.15) is 0 Å². The van der Waals surface area contributed by atoms with Gasteiger partial charge in [0.25, 0.3) is 0 Å². The van der Waals surface area contributed by atoms with Gasteiger partial charge in [0.05, 0.1) is 29.7 Å². The highest BCUT2D eigenvalue weighted by molar-refractivity contribution is 9.10. The minimum absolute atomic E-state index is 0.00292. The Bertz CT molecular complexity index is 647. The van der Waals surface area contributed by atoms with Crippen molar-refractivity contribution in [1.29, 1.82) is 0 Å². The van der Waals surface area contributed by atoms with Crippen LogP contribution >= 0.6 is 15.9 Å². The SMILES string of the molecule is COc1ccc(S(=O)(=O)N2CCOCC2C(=O)O)cc1Br. The molecule has 21 heavy (non-hydrogen) atoms. The van der Waals surface area contributed by atoms with Crippen LogP contribution in [-0.2, 0) is 19.6 Å². The van der Waals surface area contributed by atoms with Gasteiger partial charge in [-0.05, 0) is 34.1 Å². The molecular formula is C12H14BrNO6S. The van der Waals surface area contributed by atoms with Crippen molar-refractivity contribution >= 4 is 31.9 Å². The quantitative estimate of drug-likeness (QED) is 0.836. The third-order valence-electron chi connectivity index (χ3n) is 3.09. The van der Waals surface area contributed by atoms with Crippen LogP contribution in [0, 0.1) is 0 Å². The Morgan fingerprint density at radius 3 is 2.81 bits per heavy atom. The number of carboxylic acids is 1. The fourth-order valence-electron chi connectivity index (χ4n) is 2.01. The molecule has 1 N–H and O–H groups in total. The number of aliphatic carboxylic acids is 1. The number of carbonyl (C=O) groups is 1. The summed E-state index contributed by atoms with van der Waals surface area (Å²) in [5, 5.41) is 9.14. The first-order valence-corrected chi connectivity index (χ1v) is 8.27. The largest absolute Gasteiger partial charge is 0.496 e. The van der Waals surface area contributed by atoms with Crippen LogP contribution in [0.3, 0.4) is 0 Å². The number of ether oxygens (including phenoxy) is 2. The van der Waals surface area contributed by atoms with Gasteiger partial charge in [-0.3, -0.25) is 4.79 Å². The average molecular weight is 380 g/mol. The van der Waals surface area contributed by atoms with Crippen molar-refractivity contribution in [3.8, 4) is 5.75 Å². The third kappa shape index (κ3) is 3.20. The van der Waals surface area contributed by atoms with E-state index in [4.69, 9.17) is 14.6 Å². The summed E-state index contributed by atoms with van der Waals surface area (Å²) >= 11 is 3.22. The van der Waals surface area contributed by atoms with Crippen LogP contribution in [0.4, 0.5) is 0 Å². The number of hydrogen-bond donors (Lipinski definition) is 1. The van der Waals surface area contributed by atoms with Crippen molar-refractivity contribution in [2.24, 2.45) is 0 Å². The molecule has 0 saturated carbocycles. The lowest BCUT2D eigenvalue weighted by molar-refractivity contribution is -0.146. The zero-order valence-electron chi connectivity index (χ0n) is 11.2. The summed E-state index contributed by atoms with van der Waals surface area (Å²) in [5.41, 5.74) is 0. The first kappa shape index (κ1) is 16.2. The predicted molar refractivity (Wildman–Crippen MR) is 76.8 cm³/mol. The monoisotopic (exact) mass is 379 g/mol. The molecule has 1 fully saturated rings. The van der Waals surface area contributed by atoms with E-state index in [0.29, 0.717) is 10.2 Å². The summed E-state index contributed by atoms with van der Waals surface area (Å²) in [6.07, 6.45) is 0. The van der Waals surface area contributed by atoms with Crippen LogP contribution in [-0.4, -0.2) is 56.7 Å². The highest BCUT2D eigenvalue weighted by Gasteiger charge is 2.38. The van der Waals surface area contributed by atoms with Crippen molar-refractivity contribution in [2.75, 3.05) is 26.9 Å². The molecule has 0 amide bonds. The Hall–Kier alpha value is -1.16. The van der Waals surface area contributed by atoms with Gasteiger partial charge >= 0.3 is 5.97 Å². The number of halogens is 1. The third-order valence-corrected chi connectivity index (χ3v) is 5.62. The number of morpholine rings is 1. The maximum atomic E-state index is 12.6. The molecule has 1 atom stereocenters. The summed E-state index contributed by atoms with van der Waals surface area (Å²) in [4.78, 5) is 11.2. The molecule has 0 aliphatic carbocycles. The molecule has 1 aromatic rings. The number of carboxylic acid groups (broad SMARTS) is 1. The summed E-state index contributed by atoms with van der Waals surface area (Å²) in [6.45, 7) is 0.00910. The van der Waals surface area contributed by atoms with E-state index in [2.05, 4.69) is 15.9 Å². The van der Waals surface area contributed by atoms with Gasteiger partial charge < -0.3 is 14.6 Å². The van der Waals surface area contributed by atoms with Gasteiger partial charge in [0.2, 0.25) is 10.0 Å². The first-order valence-electron chi connectivity index (χ1n) is 6.04. The van der Waals surface area contributed by atoms with Gasteiger partial charge in [-0.25, -0.2) is 8.42 Å². The van der Waals surface area contributed by atoms with Crippen molar-refractivity contribution < 1.29 is 27.8 Å². The lowest BCUT2D eigenvalue weighted by atomic mass is 10.3. The van der Waals surface area contributed by atoms with E-state index in [1.807, 2.05) is 0 Å². The van der Waals surface area contributed by atoms with Crippen molar-refractivity contribution in [3.63, 3.8) is 0 Å². The number of rotatable bonds is 4. The zero-order valence-corrected chi connectivity index (χ0v) is 13.6. The van der Waals surface area contributed by atoms with Crippen LogP contribution in [0.25, 0.3) is 0 Å². The molecule has 0 spiro atoms. The predicted octanol–water partition coefficient (Wildman–Crippen LogP) is 0.932. The van der Waals surface area contributed by atoms with Gasteiger partial charge in [-0.1, -0.05) is 0 Å². The lowest BCUT2D eigenvalue weighted by Crippen LogP contribution is -2.52. The van der Waals surface area contributed by atoms with E-state index in [-0.39, 0.29) is 24.7 Å². The molecule has 0 bridgehead atoms. The van der Waals surface area contributed by atoms with Crippen molar-refractivity contribution in [3.05, 3.63) is 22.7 Å². The smallest absolute Gasteiger partial charge is 0.324 e. The average Bonchev–Trinajstić information content (AvgIpc) is 2.47. The van der Waals surface area contributed by atoms with Gasteiger partial charge in [0.15, 0.2) is 0 Å². The standard InChI is InChI=1S/C12H14BrNO6S/c1-19-11-3-2-8(6-9(11)13)21(17,18)14-4-5-20-7-10(14)12(15)16/h2-3,6,10H,4-5,7H2,1H3,(H,15,16). The van der Waals surface area contributed by atoms with Crippen LogP contribution in [0.2, 0.25) is 0 Å². The maximum absolute atomic E-state index is 12.6. The van der Waals surface area contributed by atoms with Crippen LogP contribution in [0.15, 0.2) is 27.6 Å². The number of methoxy groups -OCH3 is 1. The van der Waals surface area contributed by atoms with E-state index in [9.17, 15) is 13.2 Å². The second kappa shape index (κ2) is 6.30. The molecule has 1 aliphatic rings. The summed E-state index contributed by atoms with van der Waals surface area (Å²) in [7, 11) is -2.45. The fraction of sp³-hybridized carbons (Fsp3) is 0.417. The number of benzene rings is 1. The highest BCUT2D eigenvalue weighted by atomic mass is 79.9. The molecule has 9 heteroatoms. The van der Waals surface area contributed by atoms with Gasteiger partial charge in [0, 0.05) is 6.54 Å². The Balaban J connectivity index is 2.40. The summed E-state index contributed by atoms with van der Waals surface area (Å²) in [5.74, 6) is -0.739. The van der Waals surface area contributed by atoms with Crippen LogP contribution in [0.5, 0.6) is 5.75 Å². The first-order chi connectivity index (χ1) is 9.87. The second-order valence-corrected chi connectivity index (χ2v) is 7.09. The highest BCUT2D eigenvalue weighted by Crippen LogP contribution is 2.29. The Kier molecular flexibility index (Phi) is 4.87. The molecule has 0 radical (unpaired) electrons. The van der Waals surface area contributed by atoms with Gasteiger partial charge in [-0.15, -0.1) is 0 Å². The maximum Gasteiger partial charge on any atom is 0.324 e. The lowest BCUT2D eigenvalue weighted by Gasteiger charge is -2.31. The Labute approximate surface area is 130 Å². The molecule has 1 saturated heterocycles. The zero-order chi connectivity index (χ0) is 15.6. The van der Waals surface area contributed by atoms with E-state index in [1.165, 1.54) is 25.3 Å².